The predicted molar refractivity (Wildman–Crippen MR) is 87.8 cm³/mol. The molecule has 1 aromatic carbocycles. The molecule has 0 N–H and O–H groups in total. The van der Waals surface area contributed by atoms with E-state index in [1.165, 1.54) is 0 Å². The van der Waals surface area contributed by atoms with Gasteiger partial charge in [0.15, 0.2) is 0 Å². The first kappa shape index (κ1) is 16.8. The molecule has 0 atom stereocenters. The molecule has 0 saturated carbocycles. The highest BCUT2D eigenvalue weighted by atomic mass is 35.5. The summed E-state index contributed by atoms with van der Waals surface area (Å²) in [5.41, 5.74) is 1.12. The van der Waals surface area contributed by atoms with Crippen LogP contribution in [0.2, 0.25) is 5.02 Å². The second-order valence-corrected chi connectivity index (χ2v) is 6.03. The molecule has 1 fully saturated rings. The monoisotopic (exact) mass is 322 g/mol. The van der Waals surface area contributed by atoms with Gasteiger partial charge >= 0.3 is 0 Å². The van der Waals surface area contributed by atoms with Crippen molar-refractivity contribution in [3.63, 3.8) is 0 Å². The van der Waals surface area contributed by atoms with Gasteiger partial charge in [0, 0.05) is 44.0 Å². The molecule has 0 spiro atoms. The van der Waals surface area contributed by atoms with E-state index < -0.39 is 0 Å². The fourth-order valence-corrected chi connectivity index (χ4v) is 2.83. The van der Waals surface area contributed by atoms with Gasteiger partial charge < -0.3 is 9.80 Å². The van der Waals surface area contributed by atoms with Crippen LogP contribution in [0.25, 0.3) is 0 Å². The molecule has 0 radical (unpaired) electrons. The Kier molecular flexibility index (Phi) is 6.25. The Morgan fingerprint density at radius 2 is 1.59 bits per heavy atom. The predicted octanol–water partition coefficient (Wildman–Crippen LogP) is 2.74. The molecule has 1 aromatic rings. The van der Waals surface area contributed by atoms with Crippen LogP contribution in [0.3, 0.4) is 0 Å². The first-order valence-corrected chi connectivity index (χ1v) is 8.28. The van der Waals surface area contributed by atoms with E-state index in [1.54, 1.807) is 0 Å². The average Bonchev–Trinajstić information content (AvgIpc) is 2.79. The SMILES string of the molecule is CCC(=O)N1CCCN(C(=O)CCc2ccc(Cl)cc2)CC1. The Labute approximate surface area is 137 Å². The van der Waals surface area contributed by atoms with E-state index in [1.807, 2.05) is 41.0 Å². The van der Waals surface area contributed by atoms with Gasteiger partial charge in [-0.3, -0.25) is 9.59 Å². The summed E-state index contributed by atoms with van der Waals surface area (Å²) in [7, 11) is 0. The molecule has 0 bridgehead atoms. The molecular formula is C17H23ClN2O2. The molecule has 2 rings (SSSR count). The molecule has 2 amide bonds. The topological polar surface area (TPSA) is 40.6 Å². The number of rotatable bonds is 4. The Hall–Kier alpha value is -1.55. The summed E-state index contributed by atoms with van der Waals surface area (Å²) in [6.07, 6.45) is 2.62. The summed E-state index contributed by atoms with van der Waals surface area (Å²) in [6.45, 7) is 4.67. The van der Waals surface area contributed by atoms with Gasteiger partial charge in [-0.2, -0.15) is 0 Å². The zero-order valence-electron chi connectivity index (χ0n) is 13.1. The van der Waals surface area contributed by atoms with Crippen LogP contribution in [-0.4, -0.2) is 47.8 Å². The van der Waals surface area contributed by atoms with Gasteiger partial charge in [-0.05, 0) is 30.5 Å². The number of nitrogens with zero attached hydrogens (tertiary/aromatic N) is 2. The zero-order chi connectivity index (χ0) is 15.9. The van der Waals surface area contributed by atoms with Crippen molar-refractivity contribution in [2.24, 2.45) is 0 Å². The minimum Gasteiger partial charge on any atom is -0.341 e. The molecule has 22 heavy (non-hydrogen) atoms. The van der Waals surface area contributed by atoms with E-state index >= 15 is 0 Å². The van der Waals surface area contributed by atoms with E-state index in [4.69, 9.17) is 11.6 Å². The number of benzene rings is 1. The number of hydrogen-bond donors (Lipinski definition) is 0. The van der Waals surface area contributed by atoms with Crippen molar-refractivity contribution in [3.8, 4) is 0 Å². The van der Waals surface area contributed by atoms with Crippen molar-refractivity contribution in [3.05, 3.63) is 34.9 Å². The van der Waals surface area contributed by atoms with E-state index in [0.717, 1.165) is 31.5 Å². The molecule has 5 heteroatoms. The molecule has 0 aromatic heterocycles. The Morgan fingerprint density at radius 3 is 2.18 bits per heavy atom. The Balaban J connectivity index is 1.82. The summed E-state index contributed by atoms with van der Waals surface area (Å²) in [4.78, 5) is 27.8. The summed E-state index contributed by atoms with van der Waals surface area (Å²) in [6, 6.07) is 7.61. The van der Waals surface area contributed by atoms with Crippen molar-refractivity contribution in [1.29, 1.82) is 0 Å². The average molecular weight is 323 g/mol. The number of carbonyl (C=O) groups is 2. The summed E-state index contributed by atoms with van der Waals surface area (Å²) >= 11 is 5.86. The van der Waals surface area contributed by atoms with Crippen LogP contribution in [0.5, 0.6) is 0 Å². The van der Waals surface area contributed by atoms with Gasteiger partial charge in [0.05, 0.1) is 0 Å². The van der Waals surface area contributed by atoms with Gasteiger partial charge in [-0.15, -0.1) is 0 Å². The lowest BCUT2D eigenvalue weighted by Crippen LogP contribution is -2.37. The van der Waals surface area contributed by atoms with Crippen molar-refractivity contribution in [2.75, 3.05) is 26.2 Å². The zero-order valence-corrected chi connectivity index (χ0v) is 13.8. The fourth-order valence-electron chi connectivity index (χ4n) is 2.70. The number of hydrogen-bond acceptors (Lipinski definition) is 2. The van der Waals surface area contributed by atoms with Crippen molar-refractivity contribution in [2.45, 2.75) is 32.6 Å². The smallest absolute Gasteiger partial charge is 0.222 e. The molecule has 4 nitrogen and oxygen atoms in total. The normalized spacial score (nSPS) is 15.5. The van der Waals surface area contributed by atoms with Crippen LogP contribution in [0.15, 0.2) is 24.3 Å². The van der Waals surface area contributed by atoms with Crippen molar-refractivity contribution >= 4 is 23.4 Å². The largest absolute Gasteiger partial charge is 0.341 e. The first-order chi connectivity index (χ1) is 10.6. The lowest BCUT2D eigenvalue weighted by molar-refractivity contribution is -0.133. The third-order valence-corrected chi connectivity index (χ3v) is 4.30. The molecule has 0 unspecified atom stereocenters. The highest BCUT2D eigenvalue weighted by Gasteiger charge is 2.20. The molecule has 0 aliphatic carbocycles. The third-order valence-electron chi connectivity index (χ3n) is 4.04. The maximum absolute atomic E-state index is 12.3. The quantitative estimate of drug-likeness (QED) is 0.855. The minimum atomic E-state index is 0.167. The molecule has 1 saturated heterocycles. The second kappa shape index (κ2) is 8.18. The van der Waals surface area contributed by atoms with Crippen LogP contribution >= 0.6 is 11.6 Å². The van der Waals surface area contributed by atoms with Crippen LogP contribution in [0, 0.1) is 0 Å². The maximum atomic E-state index is 12.3. The highest BCUT2D eigenvalue weighted by molar-refractivity contribution is 6.30. The van der Waals surface area contributed by atoms with Crippen LogP contribution < -0.4 is 0 Å². The van der Waals surface area contributed by atoms with Gasteiger partial charge in [-0.25, -0.2) is 0 Å². The Morgan fingerprint density at radius 1 is 1.00 bits per heavy atom. The first-order valence-electron chi connectivity index (χ1n) is 7.90. The Bertz CT molecular complexity index is 516. The summed E-state index contributed by atoms with van der Waals surface area (Å²) in [5.74, 6) is 0.344. The van der Waals surface area contributed by atoms with Crippen LogP contribution in [-0.2, 0) is 16.0 Å². The van der Waals surface area contributed by atoms with Gasteiger partial charge in [0.2, 0.25) is 11.8 Å². The van der Waals surface area contributed by atoms with E-state index in [2.05, 4.69) is 0 Å². The molecular weight excluding hydrogens is 300 g/mol. The summed E-state index contributed by atoms with van der Waals surface area (Å²) in [5, 5.41) is 0.711. The van der Waals surface area contributed by atoms with Gasteiger partial charge in [-0.1, -0.05) is 30.7 Å². The number of aryl methyl sites for hydroxylation is 1. The van der Waals surface area contributed by atoms with Crippen LogP contribution in [0.1, 0.15) is 31.7 Å². The van der Waals surface area contributed by atoms with E-state index in [0.29, 0.717) is 31.0 Å². The number of halogens is 1. The van der Waals surface area contributed by atoms with Gasteiger partial charge in [0.1, 0.15) is 0 Å². The minimum absolute atomic E-state index is 0.167. The number of amides is 2. The molecule has 1 aliphatic heterocycles. The standard InChI is InChI=1S/C17H23ClN2O2/c1-2-16(21)19-10-3-11-20(13-12-19)17(22)9-6-14-4-7-15(18)8-5-14/h4-5,7-8H,2-3,6,9-13H2,1H3. The van der Waals surface area contributed by atoms with Crippen molar-refractivity contribution in [1.82, 2.24) is 9.80 Å². The molecule has 120 valence electrons. The summed E-state index contributed by atoms with van der Waals surface area (Å²) < 4.78 is 0. The maximum Gasteiger partial charge on any atom is 0.222 e. The van der Waals surface area contributed by atoms with Gasteiger partial charge in [0.25, 0.3) is 0 Å². The lowest BCUT2D eigenvalue weighted by atomic mass is 10.1. The van der Waals surface area contributed by atoms with E-state index in [-0.39, 0.29) is 11.8 Å². The second-order valence-electron chi connectivity index (χ2n) is 5.60. The highest BCUT2D eigenvalue weighted by Crippen LogP contribution is 2.12. The lowest BCUT2D eigenvalue weighted by Gasteiger charge is -2.22. The van der Waals surface area contributed by atoms with Crippen molar-refractivity contribution < 1.29 is 9.59 Å². The van der Waals surface area contributed by atoms with Crippen LogP contribution in [0.4, 0.5) is 0 Å². The molecule has 1 aliphatic rings. The third kappa shape index (κ3) is 4.73. The van der Waals surface area contributed by atoms with E-state index in [9.17, 15) is 9.59 Å². The number of carbonyl (C=O) groups excluding carboxylic acids is 2. The fraction of sp³-hybridized carbons (Fsp3) is 0.529. The molecule has 1 heterocycles.